The smallest absolute Gasteiger partial charge is 0.316 e. The van der Waals surface area contributed by atoms with Crippen LogP contribution in [0, 0.1) is 4.91 Å². The van der Waals surface area contributed by atoms with Gasteiger partial charge < -0.3 is 29.9 Å². The minimum absolute atomic E-state index is 0.0298. The Bertz CT molecular complexity index is 1190. The van der Waals surface area contributed by atoms with Crippen molar-refractivity contribution in [3.63, 3.8) is 0 Å². The standard InChI is InChI=1S/C22H27N3O7S2/c26-22(23-11-14-24-12-2-1-3-13-24)18-5-4-6-19-21(18)20(15-33(19,29)30)34(31,32)17-9-7-16(8-10-17)25(27)28/h4-10,20H,1-3,11-15H2,(H3-,23,26,27,28,29,30). The first kappa shape index (κ1) is 24.6. The van der Waals surface area contributed by atoms with E-state index in [1.807, 2.05) is 0 Å². The third-order valence-corrected chi connectivity index (χ3v) is 10.4. The Hall–Kier alpha value is -2.51. The molecular weight excluding hydrogens is 482 g/mol. The molecule has 2 aromatic rings. The molecule has 2 unspecified atom stereocenters. The number of hydrogen-bond donors (Lipinski definition) is 3. The lowest BCUT2D eigenvalue weighted by Gasteiger charge is -2.42. The predicted molar refractivity (Wildman–Crippen MR) is 125 cm³/mol. The zero-order valence-electron chi connectivity index (χ0n) is 18.4. The third kappa shape index (κ3) is 4.82. The molecule has 1 amide bonds. The van der Waals surface area contributed by atoms with E-state index in [-0.39, 0.29) is 26.6 Å². The first-order chi connectivity index (χ1) is 16.1. The van der Waals surface area contributed by atoms with Crippen LogP contribution in [0.3, 0.4) is 0 Å². The van der Waals surface area contributed by atoms with Gasteiger partial charge in [-0.1, -0.05) is 12.5 Å². The first-order valence-corrected chi connectivity index (χ1v) is 14.2. The minimum atomic E-state index is -4.19. The number of nitrogens with zero attached hydrogens (tertiary/aromatic N) is 2. The summed E-state index contributed by atoms with van der Waals surface area (Å²) in [5, 5.41) is 10.4. The van der Waals surface area contributed by atoms with Crippen LogP contribution in [0.5, 0.6) is 0 Å². The van der Waals surface area contributed by atoms with E-state index in [1.54, 1.807) is 0 Å². The first-order valence-electron chi connectivity index (χ1n) is 11.0. The second-order valence-corrected chi connectivity index (χ2v) is 12.7. The van der Waals surface area contributed by atoms with E-state index in [9.17, 15) is 27.2 Å². The Labute approximate surface area is 199 Å². The van der Waals surface area contributed by atoms with Crippen molar-refractivity contribution in [3.8, 4) is 0 Å². The number of fused-ring (bicyclic) bond motifs is 1. The van der Waals surface area contributed by atoms with E-state index in [2.05, 4.69) is 10.2 Å². The summed E-state index contributed by atoms with van der Waals surface area (Å²) in [5.41, 5.74) is -0.0747. The molecule has 2 atom stereocenters. The van der Waals surface area contributed by atoms with Crippen molar-refractivity contribution < 1.29 is 32.4 Å². The number of benzene rings is 2. The molecule has 34 heavy (non-hydrogen) atoms. The monoisotopic (exact) mass is 509 g/mol. The van der Waals surface area contributed by atoms with Crippen molar-refractivity contribution in [2.75, 3.05) is 31.9 Å². The molecule has 0 spiro atoms. The number of sulfone groups is 1. The van der Waals surface area contributed by atoms with Crippen LogP contribution in [-0.4, -0.2) is 70.4 Å². The summed E-state index contributed by atoms with van der Waals surface area (Å²) in [6.07, 6.45) is 3.44. The SMILES string of the molecule is O=C(NCCN1CCCCC1)c1cccc2c1C(S(=O)(=O)c1ccc([N+](=O)O)cc1)CS2([O-])O. The van der Waals surface area contributed by atoms with E-state index in [4.69, 9.17) is 5.21 Å². The summed E-state index contributed by atoms with van der Waals surface area (Å²) in [7, 11) is -7.87. The van der Waals surface area contributed by atoms with Crippen molar-refractivity contribution in [3.05, 3.63) is 58.5 Å². The van der Waals surface area contributed by atoms with Gasteiger partial charge in [0.1, 0.15) is 5.25 Å². The quantitative estimate of drug-likeness (QED) is 0.482. The highest BCUT2D eigenvalue weighted by molar-refractivity contribution is 8.25. The van der Waals surface area contributed by atoms with Gasteiger partial charge >= 0.3 is 5.69 Å². The minimum Gasteiger partial charge on any atom is -0.764 e. The lowest BCUT2D eigenvalue weighted by molar-refractivity contribution is -0.729. The molecule has 1 saturated heterocycles. The number of likely N-dealkylation sites (tertiary alicyclic amines) is 1. The zero-order chi connectivity index (χ0) is 24.5. The maximum Gasteiger partial charge on any atom is 0.316 e. The largest absolute Gasteiger partial charge is 0.764 e. The van der Waals surface area contributed by atoms with E-state index in [0.29, 0.717) is 13.1 Å². The van der Waals surface area contributed by atoms with Gasteiger partial charge in [0.05, 0.1) is 9.80 Å². The molecule has 1 fully saturated rings. The highest BCUT2D eigenvalue weighted by Gasteiger charge is 2.42. The Balaban J connectivity index is 1.62. The van der Waals surface area contributed by atoms with E-state index >= 15 is 0 Å². The summed E-state index contributed by atoms with van der Waals surface area (Å²) in [6.45, 7) is 3.00. The van der Waals surface area contributed by atoms with Gasteiger partial charge in [-0.05, 0) is 50.2 Å². The molecule has 0 aromatic heterocycles. The maximum atomic E-state index is 13.4. The molecule has 12 heteroatoms. The van der Waals surface area contributed by atoms with Crippen LogP contribution >= 0.6 is 10.6 Å². The summed E-state index contributed by atoms with van der Waals surface area (Å²) in [5.74, 6) is -1.07. The molecule has 0 bridgehead atoms. The number of amides is 1. The van der Waals surface area contributed by atoms with E-state index in [1.165, 1.54) is 24.6 Å². The summed E-state index contributed by atoms with van der Waals surface area (Å²) < 4.78 is 50.3. The van der Waals surface area contributed by atoms with Gasteiger partial charge in [-0.3, -0.25) is 4.79 Å². The second kappa shape index (κ2) is 9.62. The molecular formula is C22H27N3O7S2. The molecule has 0 saturated carbocycles. The molecule has 4 rings (SSSR count). The second-order valence-electron chi connectivity index (χ2n) is 8.48. The number of carbonyl (C=O) groups excluding carboxylic acids is 1. The average molecular weight is 510 g/mol. The van der Waals surface area contributed by atoms with E-state index in [0.717, 1.165) is 50.2 Å². The fourth-order valence-electron chi connectivity index (χ4n) is 4.51. The Morgan fingerprint density at radius 2 is 1.82 bits per heavy atom. The molecule has 3 N–H and O–H groups in total. The summed E-state index contributed by atoms with van der Waals surface area (Å²) in [4.78, 5) is 25.7. The summed E-state index contributed by atoms with van der Waals surface area (Å²) in [6, 6.07) is 8.86. The van der Waals surface area contributed by atoms with E-state index < -0.39 is 42.3 Å². The lowest BCUT2D eigenvalue weighted by Crippen LogP contribution is -2.38. The summed E-state index contributed by atoms with van der Waals surface area (Å²) >= 11 is 0. The van der Waals surface area contributed by atoms with Crippen LogP contribution in [0.2, 0.25) is 0 Å². The number of rotatable bonds is 7. The lowest BCUT2D eigenvalue weighted by atomic mass is 10.0. The van der Waals surface area contributed by atoms with Crippen LogP contribution in [0.4, 0.5) is 5.69 Å². The molecule has 184 valence electrons. The molecule has 10 nitrogen and oxygen atoms in total. The van der Waals surface area contributed by atoms with Crippen molar-refractivity contribution >= 4 is 32.0 Å². The Morgan fingerprint density at radius 1 is 1.15 bits per heavy atom. The highest BCUT2D eigenvalue weighted by atomic mass is 32.3. The van der Waals surface area contributed by atoms with Gasteiger partial charge in [-0.15, -0.1) is 0 Å². The average Bonchev–Trinajstić information content (AvgIpc) is 3.11. The van der Waals surface area contributed by atoms with Gasteiger partial charge in [-0.2, -0.15) is 0 Å². The van der Waals surface area contributed by atoms with Gasteiger partial charge in [0.15, 0.2) is 9.84 Å². The molecule has 2 aromatic carbocycles. The fourth-order valence-corrected chi connectivity index (χ4v) is 8.91. The molecule has 2 aliphatic heterocycles. The van der Waals surface area contributed by atoms with Crippen LogP contribution in [-0.2, 0) is 9.84 Å². The predicted octanol–water partition coefficient (Wildman–Crippen LogP) is 3.00. The van der Waals surface area contributed by atoms with Gasteiger partial charge in [-0.25, -0.2) is 13.6 Å². The van der Waals surface area contributed by atoms with Gasteiger partial charge in [0.25, 0.3) is 10.8 Å². The maximum absolute atomic E-state index is 13.4. The number of carbonyl (C=O) groups is 1. The normalized spacial score (nSPS) is 24.7. The van der Waals surface area contributed by atoms with Gasteiger partial charge in [0, 0.05) is 47.0 Å². The number of nitrogens with one attached hydrogen (secondary N) is 1. The van der Waals surface area contributed by atoms with Crippen molar-refractivity contribution in [2.24, 2.45) is 0 Å². The molecule has 0 aliphatic carbocycles. The van der Waals surface area contributed by atoms with Gasteiger partial charge in [0.2, 0.25) is 0 Å². The molecule has 2 aliphatic rings. The fraction of sp³-hybridized carbons (Fsp3) is 0.409. The Kier molecular flexibility index (Phi) is 6.97. The van der Waals surface area contributed by atoms with Crippen LogP contribution in [0.15, 0.2) is 52.3 Å². The molecule has 2 heterocycles. The van der Waals surface area contributed by atoms with Crippen LogP contribution in [0.25, 0.3) is 0 Å². The van der Waals surface area contributed by atoms with Crippen LogP contribution < -0.4 is 5.32 Å². The van der Waals surface area contributed by atoms with Crippen molar-refractivity contribution in [1.82, 2.24) is 10.2 Å². The van der Waals surface area contributed by atoms with Crippen molar-refractivity contribution in [1.29, 1.82) is 0 Å². The molecule has 0 radical (unpaired) electrons. The van der Waals surface area contributed by atoms with Crippen molar-refractivity contribution in [2.45, 2.75) is 34.3 Å². The zero-order valence-corrected chi connectivity index (χ0v) is 20.1. The highest BCUT2D eigenvalue weighted by Crippen LogP contribution is 2.61. The van der Waals surface area contributed by atoms with Crippen LogP contribution in [0.1, 0.15) is 40.4 Å². The number of hydrogen-bond acceptors (Lipinski definition) is 7. The third-order valence-electron chi connectivity index (χ3n) is 6.28. The topological polar surface area (TPSA) is 150 Å². The Morgan fingerprint density at radius 3 is 2.47 bits per heavy atom. The number of piperidine rings is 1.